The van der Waals surface area contributed by atoms with E-state index in [0.717, 1.165) is 24.2 Å². The Hall–Kier alpha value is -0.590. The maximum Gasteiger partial charge on any atom is 0.145 e. The highest BCUT2D eigenvalue weighted by Gasteiger charge is 2.15. The quantitative estimate of drug-likeness (QED) is 0.380. The van der Waals surface area contributed by atoms with E-state index in [0.29, 0.717) is 5.92 Å². The van der Waals surface area contributed by atoms with Crippen molar-refractivity contribution in [3.63, 3.8) is 0 Å². The minimum absolute atomic E-state index is 0.431. The van der Waals surface area contributed by atoms with Gasteiger partial charge in [-0.1, -0.05) is 65.9 Å². The highest BCUT2D eigenvalue weighted by Crippen LogP contribution is 2.26. The molecule has 0 saturated carbocycles. The van der Waals surface area contributed by atoms with Gasteiger partial charge in [-0.25, -0.2) is 0 Å². The molecular formula is C16H30O. The number of aldehydes is 1. The second-order valence-corrected chi connectivity index (χ2v) is 5.16. The molecule has 0 aliphatic carbocycles. The molecule has 0 amide bonds. The Balaban J connectivity index is 4.30. The third-order valence-corrected chi connectivity index (χ3v) is 3.49. The molecule has 0 rings (SSSR count). The fraction of sp³-hybridized carbons (Fsp3) is 0.812. The molecule has 0 heterocycles. The minimum atomic E-state index is 0.431. The highest BCUT2D eigenvalue weighted by atomic mass is 16.1. The van der Waals surface area contributed by atoms with Gasteiger partial charge in [0.1, 0.15) is 6.29 Å². The van der Waals surface area contributed by atoms with Gasteiger partial charge in [-0.15, -0.1) is 0 Å². The molecule has 0 radical (unpaired) electrons. The van der Waals surface area contributed by atoms with Crippen LogP contribution in [0, 0.1) is 11.8 Å². The third kappa shape index (κ3) is 7.36. The Morgan fingerprint density at radius 1 is 1.12 bits per heavy atom. The molecule has 0 aliphatic rings. The predicted molar refractivity (Wildman–Crippen MR) is 76.1 cm³/mol. The molecule has 2 atom stereocenters. The van der Waals surface area contributed by atoms with Crippen molar-refractivity contribution in [2.24, 2.45) is 11.8 Å². The summed E-state index contributed by atoms with van der Waals surface area (Å²) in [5.41, 5.74) is 1.00. The van der Waals surface area contributed by atoms with E-state index >= 15 is 0 Å². The first-order valence-corrected chi connectivity index (χ1v) is 7.34. The molecule has 0 aromatic rings. The van der Waals surface area contributed by atoms with E-state index in [4.69, 9.17) is 0 Å². The summed E-state index contributed by atoms with van der Waals surface area (Å²) >= 11 is 0. The number of hydrogen-bond acceptors (Lipinski definition) is 1. The molecule has 0 aliphatic heterocycles. The zero-order valence-electron chi connectivity index (χ0n) is 12.2. The Morgan fingerprint density at radius 2 is 1.82 bits per heavy atom. The summed E-state index contributed by atoms with van der Waals surface area (Å²) in [5.74, 6) is 1.23. The molecule has 17 heavy (non-hydrogen) atoms. The smallest absolute Gasteiger partial charge is 0.145 e. The van der Waals surface area contributed by atoms with Crippen LogP contribution < -0.4 is 0 Å². The molecule has 0 N–H and O–H groups in total. The summed E-state index contributed by atoms with van der Waals surface area (Å²) < 4.78 is 0. The molecule has 1 nitrogen and oxygen atoms in total. The van der Waals surface area contributed by atoms with Crippen LogP contribution in [-0.4, -0.2) is 6.29 Å². The number of carbonyl (C=O) groups is 1. The van der Waals surface area contributed by atoms with E-state index in [1.54, 1.807) is 0 Å². The Morgan fingerprint density at radius 3 is 2.29 bits per heavy atom. The van der Waals surface area contributed by atoms with Gasteiger partial charge < -0.3 is 0 Å². The first-order valence-electron chi connectivity index (χ1n) is 7.34. The van der Waals surface area contributed by atoms with E-state index in [1.165, 1.54) is 38.5 Å². The molecule has 0 saturated heterocycles. The molecule has 0 fully saturated rings. The van der Waals surface area contributed by atoms with E-state index < -0.39 is 0 Å². The third-order valence-electron chi connectivity index (χ3n) is 3.49. The normalized spacial score (nSPS) is 15.6. The lowest BCUT2D eigenvalue weighted by molar-refractivity contribution is -0.105. The molecule has 0 aromatic carbocycles. The number of hydrogen-bond donors (Lipinski definition) is 0. The standard InChI is InChI=1S/C16H30O/c1-5-8-11-15(9-6-2)12-14(4)16(13-17)10-7-3/h10,13-15H,5-9,11-12H2,1-4H3/b16-10+. The molecule has 0 bridgehead atoms. The molecule has 0 aromatic heterocycles. The minimum Gasteiger partial charge on any atom is -0.298 e. The maximum absolute atomic E-state index is 11.0. The van der Waals surface area contributed by atoms with Crippen molar-refractivity contribution in [1.82, 2.24) is 0 Å². The van der Waals surface area contributed by atoms with E-state index in [-0.39, 0.29) is 0 Å². The topological polar surface area (TPSA) is 17.1 Å². The average Bonchev–Trinajstić information content (AvgIpc) is 2.33. The lowest BCUT2D eigenvalue weighted by Crippen LogP contribution is -2.10. The summed E-state index contributed by atoms with van der Waals surface area (Å²) in [6.45, 7) is 8.80. The van der Waals surface area contributed by atoms with Gasteiger partial charge in [0.15, 0.2) is 0 Å². The predicted octanol–water partition coefficient (Wildman–Crippen LogP) is 5.15. The van der Waals surface area contributed by atoms with Crippen LogP contribution in [0.4, 0.5) is 0 Å². The largest absolute Gasteiger partial charge is 0.298 e. The number of rotatable bonds is 10. The SMILES string of the molecule is CC/C=C(\C=O)C(C)CC(CCC)CCCC. The van der Waals surface area contributed by atoms with Crippen LogP contribution in [0.1, 0.15) is 72.6 Å². The van der Waals surface area contributed by atoms with Gasteiger partial charge in [0.2, 0.25) is 0 Å². The Labute approximate surface area is 108 Å². The van der Waals surface area contributed by atoms with Crippen molar-refractivity contribution < 1.29 is 4.79 Å². The van der Waals surface area contributed by atoms with Crippen molar-refractivity contribution in [3.8, 4) is 0 Å². The van der Waals surface area contributed by atoms with E-state index in [2.05, 4.69) is 33.8 Å². The zero-order valence-corrected chi connectivity index (χ0v) is 12.2. The van der Waals surface area contributed by atoms with Crippen LogP contribution in [0.5, 0.6) is 0 Å². The maximum atomic E-state index is 11.0. The summed E-state index contributed by atoms with van der Waals surface area (Å²) in [5, 5.41) is 0. The number of allylic oxidation sites excluding steroid dienone is 2. The summed E-state index contributed by atoms with van der Waals surface area (Å²) in [4.78, 5) is 11.0. The van der Waals surface area contributed by atoms with E-state index in [9.17, 15) is 4.79 Å². The van der Waals surface area contributed by atoms with Crippen molar-refractivity contribution in [2.45, 2.75) is 72.6 Å². The van der Waals surface area contributed by atoms with Gasteiger partial charge in [0.05, 0.1) is 0 Å². The zero-order chi connectivity index (χ0) is 13.1. The number of carbonyl (C=O) groups excluding carboxylic acids is 1. The summed E-state index contributed by atoms with van der Waals surface area (Å²) in [6, 6.07) is 0. The fourth-order valence-corrected chi connectivity index (χ4v) is 2.52. The lowest BCUT2D eigenvalue weighted by atomic mass is 9.85. The lowest BCUT2D eigenvalue weighted by Gasteiger charge is -2.20. The van der Waals surface area contributed by atoms with Gasteiger partial charge in [0, 0.05) is 0 Å². The van der Waals surface area contributed by atoms with Crippen LogP contribution in [0.3, 0.4) is 0 Å². The molecular weight excluding hydrogens is 208 g/mol. The van der Waals surface area contributed by atoms with Crippen molar-refractivity contribution in [1.29, 1.82) is 0 Å². The first-order chi connectivity index (χ1) is 8.19. The summed E-state index contributed by atoms with van der Waals surface area (Å²) in [7, 11) is 0. The Kier molecular flexibility index (Phi) is 10.2. The monoisotopic (exact) mass is 238 g/mol. The van der Waals surface area contributed by atoms with Crippen LogP contribution >= 0.6 is 0 Å². The molecule has 1 heteroatoms. The van der Waals surface area contributed by atoms with Crippen molar-refractivity contribution >= 4 is 6.29 Å². The van der Waals surface area contributed by atoms with Crippen molar-refractivity contribution in [2.75, 3.05) is 0 Å². The van der Waals surface area contributed by atoms with Gasteiger partial charge >= 0.3 is 0 Å². The highest BCUT2D eigenvalue weighted by molar-refractivity contribution is 5.73. The van der Waals surface area contributed by atoms with E-state index in [1.807, 2.05) is 0 Å². The number of unbranched alkanes of at least 4 members (excludes halogenated alkanes) is 1. The van der Waals surface area contributed by atoms with Crippen LogP contribution in [0.2, 0.25) is 0 Å². The van der Waals surface area contributed by atoms with Crippen LogP contribution in [-0.2, 0) is 4.79 Å². The second-order valence-electron chi connectivity index (χ2n) is 5.16. The van der Waals surface area contributed by atoms with Gasteiger partial charge in [-0.05, 0) is 30.3 Å². The van der Waals surface area contributed by atoms with Gasteiger partial charge in [-0.2, -0.15) is 0 Å². The Bertz CT molecular complexity index is 218. The van der Waals surface area contributed by atoms with Crippen LogP contribution in [0.15, 0.2) is 11.6 Å². The first kappa shape index (κ1) is 16.4. The molecule has 2 unspecified atom stereocenters. The van der Waals surface area contributed by atoms with Gasteiger partial charge in [0.25, 0.3) is 0 Å². The summed E-state index contributed by atoms with van der Waals surface area (Å²) in [6.07, 6.45) is 11.8. The molecule has 0 spiro atoms. The molecule has 100 valence electrons. The van der Waals surface area contributed by atoms with Crippen molar-refractivity contribution in [3.05, 3.63) is 11.6 Å². The average molecular weight is 238 g/mol. The van der Waals surface area contributed by atoms with Crippen LogP contribution in [0.25, 0.3) is 0 Å². The van der Waals surface area contributed by atoms with Gasteiger partial charge in [-0.3, -0.25) is 4.79 Å². The fourth-order valence-electron chi connectivity index (χ4n) is 2.52. The second kappa shape index (κ2) is 10.6.